The van der Waals surface area contributed by atoms with E-state index in [-0.39, 0.29) is 17.6 Å². The summed E-state index contributed by atoms with van der Waals surface area (Å²) in [4.78, 5) is 26.1. The quantitative estimate of drug-likeness (QED) is 0.379. The van der Waals surface area contributed by atoms with Crippen LogP contribution in [0.1, 0.15) is 35.3 Å². The average molecular weight is 513 g/mol. The number of rotatable bonds is 8. The van der Waals surface area contributed by atoms with Gasteiger partial charge in [0.05, 0.1) is 40.2 Å². The lowest BCUT2D eigenvalue weighted by Gasteiger charge is -2.28. The number of para-hydroxylation sites is 1. The van der Waals surface area contributed by atoms with Crippen molar-refractivity contribution in [1.29, 1.82) is 5.26 Å². The molecule has 2 aromatic carbocycles. The number of nitriles is 1. The van der Waals surface area contributed by atoms with Gasteiger partial charge in [-0.3, -0.25) is 9.59 Å². The van der Waals surface area contributed by atoms with Gasteiger partial charge in [-0.15, -0.1) is 0 Å². The first-order chi connectivity index (χ1) is 17.9. The molecule has 0 aliphatic carbocycles. The van der Waals surface area contributed by atoms with E-state index in [1.165, 1.54) is 18.0 Å². The van der Waals surface area contributed by atoms with E-state index in [4.69, 9.17) is 4.42 Å². The minimum atomic E-state index is -0.708. The summed E-state index contributed by atoms with van der Waals surface area (Å²) in [7, 11) is 0. The minimum Gasteiger partial charge on any atom is -0.468 e. The van der Waals surface area contributed by atoms with Crippen LogP contribution in [0.5, 0.6) is 0 Å². The highest BCUT2D eigenvalue weighted by molar-refractivity contribution is 8.03. The van der Waals surface area contributed by atoms with Crippen LogP contribution in [0.3, 0.4) is 0 Å². The monoisotopic (exact) mass is 512 g/mol. The third-order valence-electron chi connectivity index (χ3n) is 6.12. The predicted octanol–water partition coefficient (Wildman–Crippen LogP) is 5.28. The van der Waals surface area contributed by atoms with Gasteiger partial charge < -0.3 is 20.4 Å². The third kappa shape index (κ3) is 5.96. The van der Waals surface area contributed by atoms with E-state index in [9.17, 15) is 14.9 Å². The Morgan fingerprint density at radius 3 is 2.41 bits per heavy atom. The molecule has 0 unspecified atom stereocenters. The summed E-state index contributed by atoms with van der Waals surface area (Å²) in [6.45, 7) is 6.09. The number of benzene rings is 2. The van der Waals surface area contributed by atoms with Crippen LogP contribution in [0.4, 0.5) is 5.69 Å². The summed E-state index contributed by atoms with van der Waals surface area (Å²) in [6.07, 6.45) is 1.52. The van der Waals surface area contributed by atoms with E-state index in [1.54, 1.807) is 19.1 Å². The molecule has 1 aromatic heterocycles. The van der Waals surface area contributed by atoms with E-state index in [0.717, 1.165) is 22.4 Å². The number of hydrogen-bond acceptors (Lipinski definition) is 6. The first-order valence-corrected chi connectivity index (χ1v) is 12.8. The number of amides is 2. The standard InChI is InChI=1S/C29H28N4O3S/c1-18-9-7-10-19(2)27(18)33-28(35)25-20(3)32-29(22(15-30)26(25)23-13-8-14-36-23)37-17-24(34)31-16-21-11-5-4-6-12-21/h4-14,26,32H,16-17H2,1-3H3,(H,31,34)(H,33,35)/t26-/m0/s1. The van der Waals surface area contributed by atoms with Crippen LogP contribution in [0.2, 0.25) is 0 Å². The number of hydrogen-bond donors (Lipinski definition) is 3. The number of allylic oxidation sites excluding steroid dienone is 2. The van der Waals surface area contributed by atoms with E-state index in [2.05, 4.69) is 22.0 Å². The maximum absolute atomic E-state index is 13.6. The van der Waals surface area contributed by atoms with Crippen molar-refractivity contribution >= 4 is 29.3 Å². The maximum Gasteiger partial charge on any atom is 0.254 e. The van der Waals surface area contributed by atoms with Gasteiger partial charge in [0.25, 0.3) is 5.91 Å². The van der Waals surface area contributed by atoms with Crippen molar-refractivity contribution in [2.75, 3.05) is 11.1 Å². The van der Waals surface area contributed by atoms with Crippen LogP contribution in [0, 0.1) is 25.2 Å². The third-order valence-corrected chi connectivity index (χ3v) is 7.14. The van der Waals surface area contributed by atoms with Crippen LogP contribution in [0.25, 0.3) is 0 Å². The molecule has 0 bridgehead atoms. The lowest BCUT2D eigenvalue weighted by atomic mass is 9.85. The van der Waals surface area contributed by atoms with Crippen LogP contribution in [-0.4, -0.2) is 17.6 Å². The first-order valence-electron chi connectivity index (χ1n) is 11.9. The number of thioether (sulfide) groups is 1. The molecule has 0 saturated carbocycles. The summed E-state index contributed by atoms with van der Waals surface area (Å²) in [5.41, 5.74) is 4.95. The Morgan fingerprint density at radius 2 is 1.76 bits per heavy atom. The molecule has 4 rings (SSSR count). The van der Waals surface area contributed by atoms with E-state index in [0.29, 0.717) is 34.2 Å². The summed E-state index contributed by atoms with van der Waals surface area (Å²) in [5, 5.41) is 19.8. The second-order valence-electron chi connectivity index (χ2n) is 8.74. The van der Waals surface area contributed by atoms with Crippen molar-refractivity contribution in [3.63, 3.8) is 0 Å². The molecule has 0 spiro atoms. The maximum atomic E-state index is 13.6. The van der Waals surface area contributed by atoms with Crippen molar-refractivity contribution in [3.8, 4) is 6.07 Å². The van der Waals surface area contributed by atoms with Gasteiger partial charge in [-0.1, -0.05) is 60.3 Å². The summed E-state index contributed by atoms with van der Waals surface area (Å²) in [6, 6.07) is 21.2. The first kappa shape index (κ1) is 25.9. The number of nitrogens with one attached hydrogen (secondary N) is 3. The highest BCUT2D eigenvalue weighted by Gasteiger charge is 2.36. The van der Waals surface area contributed by atoms with Gasteiger partial charge >= 0.3 is 0 Å². The van der Waals surface area contributed by atoms with Gasteiger partial charge in [0.15, 0.2) is 0 Å². The normalized spacial score (nSPS) is 15.1. The van der Waals surface area contributed by atoms with Crippen molar-refractivity contribution in [1.82, 2.24) is 10.6 Å². The predicted molar refractivity (Wildman–Crippen MR) is 145 cm³/mol. The van der Waals surface area contributed by atoms with Crippen molar-refractivity contribution in [2.45, 2.75) is 33.2 Å². The minimum absolute atomic E-state index is 0.114. The van der Waals surface area contributed by atoms with Crippen molar-refractivity contribution in [2.24, 2.45) is 0 Å². The summed E-state index contributed by atoms with van der Waals surface area (Å²) >= 11 is 1.23. The lowest BCUT2D eigenvalue weighted by Crippen LogP contribution is -2.31. The summed E-state index contributed by atoms with van der Waals surface area (Å²) in [5.74, 6) is -0.588. The van der Waals surface area contributed by atoms with Crippen LogP contribution in [-0.2, 0) is 16.1 Å². The van der Waals surface area contributed by atoms with Gasteiger partial charge in [-0.25, -0.2) is 0 Å². The fraction of sp³-hybridized carbons (Fsp3) is 0.207. The van der Waals surface area contributed by atoms with E-state index >= 15 is 0 Å². The highest BCUT2D eigenvalue weighted by atomic mass is 32.2. The second kappa shape index (κ2) is 11.7. The Hall–Kier alpha value is -4.22. The SMILES string of the molecule is CC1=C(C(=O)Nc2c(C)cccc2C)[C@H](c2ccco2)C(C#N)=C(SCC(=O)NCc2ccccc2)N1. The zero-order valence-corrected chi connectivity index (χ0v) is 21.7. The molecule has 37 heavy (non-hydrogen) atoms. The van der Waals surface area contributed by atoms with Crippen LogP contribution in [0.15, 0.2) is 93.2 Å². The molecular formula is C29H28N4O3S. The average Bonchev–Trinajstić information content (AvgIpc) is 3.43. The molecule has 2 amide bonds. The van der Waals surface area contributed by atoms with Gasteiger partial charge in [0, 0.05) is 17.9 Å². The summed E-state index contributed by atoms with van der Waals surface area (Å²) < 4.78 is 5.68. The fourth-order valence-electron chi connectivity index (χ4n) is 4.25. The molecule has 8 heteroatoms. The molecule has 0 radical (unpaired) electrons. The van der Waals surface area contributed by atoms with Gasteiger partial charge in [-0.2, -0.15) is 5.26 Å². The fourth-order valence-corrected chi connectivity index (χ4v) is 5.17. The number of nitrogens with zero attached hydrogens (tertiary/aromatic N) is 1. The molecule has 1 aliphatic rings. The van der Waals surface area contributed by atoms with Crippen molar-refractivity contribution in [3.05, 3.63) is 111 Å². The molecule has 3 N–H and O–H groups in total. The van der Waals surface area contributed by atoms with Crippen molar-refractivity contribution < 1.29 is 14.0 Å². The molecule has 0 fully saturated rings. The Labute approximate surface area is 220 Å². The largest absolute Gasteiger partial charge is 0.468 e. The van der Waals surface area contributed by atoms with Crippen LogP contribution >= 0.6 is 11.8 Å². The number of aryl methyl sites for hydroxylation is 2. The molecule has 188 valence electrons. The van der Waals surface area contributed by atoms with E-state index < -0.39 is 5.92 Å². The molecular weight excluding hydrogens is 484 g/mol. The Kier molecular flexibility index (Phi) is 8.16. The van der Waals surface area contributed by atoms with Gasteiger partial charge in [-0.05, 0) is 49.6 Å². The molecule has 3 aromatic rings. The number of carbonyl (C=O) groups excluding carboxylic acids is 2. The molecule has 0 saturated heterocycles. The number of furan rings is 1. The Morgan fingerprint density at radius 1 is 1.03 bits per heavy atom. The molecule has 7 nitrogen and oxygen atoms in total. The second-order valence-corrected chi connectivity index (χ2v) is 9.72. The Bertz CT molecular complexity index is 1380. The zero-order valence-electron chi connectivity index (χ0n) is 20.9. The number of carbonyl (C=O) groups is 2. The van der Waals surface area contributed by atoms with Gasteiger partial charge in [0.1, 0.15) is 5.76 Å². The lowest BCUT2D eigenvalue weighted by molar-refractivity contribution is -0.118. The van der Waals surface area contributed by atoms with Gasteiger partial charge in [0.2, 0.25) is 5.91 Å². The Balaban J connectivity index is 1.56. The zero-order chi connectivity index (χ0) is 26.4. The molecule has 2 heterocycles. The smallest absolute Gasteiger partial charge is 0.254 e. The molecule has 1 aliphatic heterocycles. The number of anilines is 1. The number of dihydropyridines is 1. The highest BCUT2D eigenvalue weighted by Crippen LogP contribution is 2.41. The topological polar surface area (TPSA) is 107 Å². The molecule has 1 atom stereocenters. The van der Waals surface area contributed by atoms with E-state index in [1.807, 2.05) is 62.4 Å². The van der Waals surface area contributed by atoms with Crippen LogP contribution < -0.4 is 16.0 Å².